The van der Waals surface area contributed by atoms with Crippen LogP contribution in [0.25, 0.3) is 16.0 Å². The minimum Gasteiger partial charge on any atom is -0.484 e. The molecule has 0 unspecified atom stereocenters. The SMILES string of the molecule is CCNCCN(C)Cc1ccc2ncn(-c3cc(O[C@H](C)c4ccccc4Cl)c(C(N)=O)s3)c2c1. The number of rotatable bonds is 11. The van der Waals surface area contributed by atoms with Gasteiger partial charge in [0.2, 0.25) is 0 Å². The first-order valence-corrected chi connectivity index (χ1v) is 12.8. The Morgan fingerprint density at radius 1 is 1.29 bits per heavy atom. The second kappa shape index (κ2) is 11.2. The maximum atomic E-state index is 12.2. The summed E-state index contributed by atoms with van der Waals surface area (Å²) >= 11 is 7.62. The predicted molar refractivity (Wildman–Crippen MR) is 143 cm³/mol. The Bertz CT molecular complexity index is 1320. The number of thiophene rings is 1. The van der Waals surface area contributed by atoms with Crippen molar-refractivity contribution in [2.45, 2.75) is 26.5 Å². The van der Waals surface area contributed by atoms with Gasteiger partial charge in [0.15, 0.2) is 0 Å². The molecule has 0 aliphatic rings. The molecule has 0 radical (unpaired) electrons. The average Bonchev–Trinajstić information content (AvgIpc) is 3.43. The highest BCUT2D eigenvalue weighted by Crippen LogP contribution is 2.37. The zero-order valence-electron chi connectivity index (χ0n) is 20.1. The number of ether oxygens (including phenoxy) is 1. The predicted octanol–water partition coefficient (Wildman–Crippen LogP) is 5.02. The zero-order valence-corrected chi connectivity index (χ0v) is 21.7. The molecule has 0 saturated carbocycles. The number of carbonyl (C=O) groups excluding carboxylic acids is 1. The number of amides is 1. The summed E-state index contributed by atoms with van der Waals surface area (Å²) in [4.78, 5) is 19.4. The van der Waals surface area contributed by atoms with E-state index in [1.807, 2.05) is 47.9 Å². The molecule has 0 saturated heterocycles. The molecule has 2 aromatic heterocycles. The fourth-order valence-electron chi connectivity index (χ4n) is 3.96. The van der Waals surface area contributed by atoms with Gasteiger partial charge in [-0.25, -0.2) is 4.98 Å². The molecule has 0 fully saturated rings. The maximum Gasteiger partial charge on any atom is 0.262 e. The van der Waals surface area contributed by atoms with Gasteiger partial charge in [0.05, 0.1) is 11.0 Å². The number of carbonyl (C=O) groups is 1. The third-order valence-corrected chi connectivity index (χ3v) is 7.25. The van der Waals surface area contributed by atoms with E-state index in [2.05, 4.69) is 41.3 Å². The lowest BCUT2D eigenvalue weighted by atomic mass is 10.1. The third-order valence-electron chi connectivity index (χ3n) is 5.78. The summed E-state index contributed by atoms with van der Waals surface area (Å²) in [5.41, 5.74) is 9.57. The van der Waals surface area contributed by atoms with E-state index < -0.39 is 5.91 Å². The highest BCUT2D eigenvalue weighted by atomic mass is 35.5. The average molecular weight is 512 g/mol. The summed E-state index contributed by atoms with van der Waals surface area (Å²) in [6.07, 6.45) is 1.41. The number of imidazole rings is 1. The van der Waals surface area contributed by atoms with Gasteiger partial charge in [0.1, 0.15) is 28.1 Å². The van der Waals surface area contributed by atoms with Crippen LogP contribution in [0.5, 0.6) is 5.75 Å². The van der Waals surface area contributed by atoms with E-state index in [9.17, 15) is 4.79 Å². The molecule has 0 bridgehead atoms. The van der Waals surface area contributed by atoms with Crippen molar-refractivity contribution >= 4 is 39.9 Å². The van der Waals surface area contributed by atoms with Crippen LogP contribution in [-0.4, -0.2) is 47.0 Å². The number of nitrogens with one attached hydrogen (secondary N) is 1. The van der Waals surface area contributed by atoms with Crippen LogP contribution in [0.3, 0.4) is 0 Å². The summed E-state index contributed by atoms with van der Waals surface area (Å²) in [5, 5.41) is 4.77. The van der Waals surface area contributed by atoms with Crippen molar-refractivity contribution in [2.75, 3.05) is 26.7 Å². The van der Waals surface area contributed by atoms with E-state index in [1.54, 1.807) is 6.33 Å². The zero-order chi connectivity index (χ0) is 24.9. The van der Waals surface area contributed by atoms with E-state index in [-0.39, 0.29) is 6.10 Å². The van der Waals surface area contributed by atoms with Crippen molar-refractivity contribution < 1.29 is 9.53 Å². The monoisotopic (exact) mass is 511 g/mol. The summed E-state index contributed by atoms with van der Waals surface area (Å²) in [6.45, 7) is 7.71. The highest BCUT2D eigenvalue weighted by Gasteiger charge is 2.21. The van der Waals surface area contributed by atoms with Gasteiger partial charge in [-0.1, -0.05) is 42.8 Å². The number of fused-ring (bicyclic) bond motifs is 1. The number of aromatic nitrogens is 2. The lowest BCUT2D eigenvalue weighted by Gasteiger charge is -2.17. The number of primary amides is 1. The van der Waals surface area contributed by atoms with Gasteiger partial charge in [-0.05, 0) is 44.3 Å². The number of likely N-dealkylation sites (N-methyl/N-ethyl adjacent to an activating group) is 2. The smallest absolute Gasteiger partial charge is 0.262 e. The van der Waals surface area contributed by atoms with Crippen LogP contribution < -0.4 is 15.8 Å². The molecule has 1 atom stereocenters. The fourth-order valence-corrected chi connectivity index (χ4v) is 5.18. The van der Waals surface area contributed by atoms with Gasteiger partial charge in [-0.2, -0.15) is 0 Å². The topological polar surface area (TPSA) is 85.4 Å². The van der Waals surface area contributed by atoms with Gasteiger partial charge >= 0.3 is 0 Å². The molecule has 35 heavy (non-hydrogen) atoms. The van der Waals surface area contributed by atoms with Crippen LogP contribution in [-0.2, 0) is 6.54 Å². The van der Waals surface area contributed by atoms with Gasteiger partial charge < -0.3 is 20.7 Å². The van der Waals surface area contributed by atoms with Crippen LogP contribution in [0.2, 0.25) is 5.02 Å². The van der Waals surface area contributed by atoms with E-state index in [1.165, 1.54) is 16.9 Å². The van der Waals surface area contributed by atoms with Gasteiger partial charge in [-0.3, -0.25) is 9.36 Å². The van der Waals surface area contributed by atoms with Crippen molar-refractivity contribution in [3.05, 3.63) is 75.9 Å². The Balaban J connectivity index is 1.62. The molecule has 0 spiro atoms. The summed E-state index contributed by atoms with van der Waals surface area (Å²) in [6, 6.07) is 15.6. The minimum atomic E-state index is -0.532. The molecule has 0 aliphatic carbocycles. The molecule has 1 amide bonds. The molecule has 4 aromatic rings. The van der Waals surface area contributed by atoms with Crippen molar-refractivity contribution in [2.24, 2.45) is 5.73 Å². The standard InChI is InChI=1S/C26H30ClN5O2S/c1-4-29-11-12-31(3)15-18-9-10-21-22(13-18)32(16-30-21)24-14-23(25(35-24)26(28)33)34-17(2)19-7-5-6-8-20(19)27/h5-10,13-14,16-17,29H,4,11-12,15H2,1-3H3,(H2,28,33)/t17-/m1/s1. The molecular formula is C26H30ClN5O2S. The Morgan fingerprint density at radius 3 is 2.83 bits per heavy atom. The fraction of sp³-hybridized carbons (Fsp3) is 0.308. The molecule has 0 aliphatic heterocycles. The van der Waals surface area contributed by atoms with E-state index in [4.69, 9.17) is 22.1 Å². The Hall–Kier alpha value is -2.91. The number of hydrogen-bond acceptors (Lipinski definition) is 6. The molecule has 9 heteroatoms. The number of halogens is 1. The van der Waals surface area contributed by atoms with Gasteiger partial charge in [0.25, 0.3) is 5.91 Å². The quantitative estimate of drug-likeness (QED) is 0.276. The largest absolute Gasteiger partial charge is 0.484 e. The molecule has 7 nitrogen and oxygen atoms in total. The van der Waals surface area contributed by atoms with E-state index >= 15 is 0 Å². The first kappa shape index (κ1) is 25.2. The lowest BCUT2D eigenvalue weighted by Crippen LogP contribution is -2.28. The number of benzene rings is 2. The lowest BCUT2D eigenvalue weighted by molar-refractivity contribution is 0.0998. The van der Waals surface area contributed by atoms with Crippen molar-refractivity contribution in [3.63, 3.8) is 0 Å². The maximum absolute atomic E-state index is 12.2. The highest BCUT2D eigenvalue weighted by molar-refractivity contribution is 7.16. The molecule has 184 valence electrons. The first-order valence-electron chi connectivity index (χ1n) is 11.6. The van der Waals surface area contributed by atoms with Crippen LogP contribution >= 0.6 is 22.9 Å². The summed E-state index contributed by atoms with van der Waals surface area (Å²) in [7, 11) is 2.11. The number of nitrogens with zero attached hydrogens (tertiary/aromatic N) is 3. The second-order valence-corrected chi connectivity index (χ2v) is 9.89. The molecule has 4 rings (SSSR count). The van der Waals surface area contributed by atoms with Crippen molar-refractivity contribution in [3.8, 4) is 10.8 Å². The second-order valence-electron chi connectivity index (χ2n) is 8.45. The van der Waals surface area contributed by atoms with Gasteiger partial charge in [-0.15, -0.1) is 11.3 Å². The van der Waals surface area contributed by atoms with E-state index in [0.717, 1.165) is 47.8 Å². The van der Waals surface area contributed by atoms with Crippen LogP contribution in [0.15, 0.2) is 54.9 Å². The van der Waals surface area contributed by atoms with Crippen molar-refractivity contribution in [1.82, 2.24) is 19.8 Å². The third kappa shape index (κ3) is 5.85. The van der Waals surface area contributed by atoms with Gasteiger partial charge in [0, 0.05) is 36.3 Å². The van der Waals surface area contributed by atoms with Crippen LogP contribution in [0, 0.1) is 0 Å². The van der Waals surface area contributed by atoms with E-state index in [0.29, 0.717) is 15.6 Å². The molecule has 2 aromatic carbocycles. The Morgan fingerprint density at radius 2 is 2.09 bits per heavy atom. The summed E-state index contributed by atoms with van der Waals surface area (Å²) < 4.78 is 8.14. The first-order chi connectivity index (χ1) is 16.9. The molecule has 2 heterocycles. The van der Waals surface area contributed by atoms with Crippen LogP contribution in [0.4, 0.5) is 0 Å². The summed E-state index contributed by atoms with van der Waals surface area (Å²) in [5.74, 6) is -0.0962. The van der Waals surface area contributed by atoms with Crippen LogP contribution in [0.1, 0.15) is 40.8 Å². The Labute approximate surface area is 214 Å². The minimum absolute atomic E-state index is 0.354. The number of hydrogen-bond donors (Lipinski definition) is 2. The number of nitrogens with two attached hydrogens (primary N) is 1. The molecular weight excluding hydrogens is 482 g/mol. The Kier molecular flexibility index (Phi) is 8.07. The molecule has 3 N–H and O–H groups in total. The van der Waals surface area contributed by atoms with Crippen molar-refractivity contribution in [1.29, 1.82) is 0 Å². The normalized spacial score (nSPS) is 12.4.